The van der Waals surface area contributed by atoms with Gasteiger partial charge in [-0.2, -0.15) is 0 Å². The summed E-state index contributed by atoms with van der Waals surface area (Å²) in [5.74, 6) is 1.38. The Labute approximate surface area is 134 Å². The smallest absolute Gasteiger partial charge is 0.143 e. The molecule has 1 aromatic rings. The lowest BCUT2D eigenvalue weighted by atomic mass is 9.41. The van der Waals surface area contributed by atoms with Gasteiger partial charge in [0, 0.05) is 24.4 Å². The molecular weight excluding hydrogens is 270 g/mol. The fourth-order valence-corrected chi connectivity index (χ4v) is 4.49. The van der Waals surface area contributed by atoms with Gasteiger partial charge in [0.15, 0.2) is 0 Å². The van der Waals surface area contributed by atoms with Gasteiger partial charge in [-0.25, -0.2) is 0 Å². The predicted octanol–water partition coefficient (Wildman–Crippen LogP) is 3.80. The summed E-state index contributed by atoms with van der Waals surface area (Å²) in [4.78, 5) is 15.2. The Morgan fingerprint density at radius 2 is 1.77 bits per heavy atom. The number of carbonyl (C=O) groups is 1. The van der Waals surface area contributed by atoms with E-state index in [1.54, 1.807) is 0 Å². The summed E-state index contributed by atoms with van der Waals surface area (Å²) < 4.78 is 0. The molecule has 3 fully saturated rings. The number of carbonyl (C=O) groups excluding carboxylic acids is 1. The van der Waals surface area contributed by atoms with Crippen LogP contribution in [0.1, 0.15) is 39.2 Å². The summed E-state index contributed by atoms with van der Waals surface area (Å²) in [6, 6.07) is 10.6. The molecule has 3 saturated carbocycles. The zero-order chi connectivity index (χ0) is 16.0. The number of hydrogen-bond donors (Lipinski definition) is 0. The van der Waals surface area contributed by atoms with Gasteiger partial charge in [0.2, 0.25) is 0 Å². The highest BCUT2D eigenvalue weighted by Gasteiger charge is 2.62. The van der Waals surface area contributed by atoms with E-state index in [-0.39, 0.29) is 16.7 Å². The minimum absolute atomic E-state index is 0.146. The zero-order valence-corrected chi connectivity index (χ0v) is 14.4. The van der Waals surface area contributed by atoms with Crippen molar-refractivity contribution >= 4 is 5.78 Å². The molecule has 0 saturated heterocycles. The summed E-state index contributed by atoms with van der Waals surface area (Å²) in [7, 11) is 2.16. The fourth-order valence-electron chi connectivity index (χ4n) is 4.49. The van der Waals surface area contributed by atoms with Crippen LogP contribution in [-0.4, -0.2) is 30.8 Å². The van der Waals surface area contributed by atoms with Gasteiger partial charge in [0.1, 0.15) is 5.78 Å². The standard InChI is InChI=1S/C20H29NO/c1-19(2)18(22)17(16-12-20(19,3)13-16)14-21(4)11-10-15-8-6-5-7-9-15/h5-9,16-17H,10-14H2,1-4H3. The molecule has 1 unspecified atom stereocenters. The summed E-state index contributed by atoms with van der Waals surface area (Å²) in [6.45, 7) is 8.59. The Kier molecular flexibility index (Phi) is 3.92. The van der Waals surface area contributed by atoms with Crippen LogP contribution in [0.2, 0.25) is 0 Å². The van der Waals surface area contributed by atoms with Crippen LogP contribution in [0.3, 0.4) is 0 Å². The first kappa shape index (κ1) is 15.7. The number of Topliss-reactive ketones (excluding diaryl/α,β-unsaturated/α-hetero) is 1. The number of benzene rings is 1. The predicted molar refractivity (Wildman–Crippen MR) is 90.8 cm³/mol. The molecule has 0 heterocycles. The van der Waals surface area contributed by atoms with Gasteiger partial charge in [-0.15, -0.1) is 0 Å². The van der Waals surface area contributed by atoms with Crippen molar-refractivity contribution in [3.63, 3.8) is 0 Å². The molecule has 0 amide bonds. The van der Waals surface area contributed by atoms with E-state index in [0.717, 1.165) is 19.5 Å². The molecule has 3 aliphatic carbocycles. The molecule has 0 aliphatic heterocycles. The fraction of sp³-hybridized carbons (Fsp3) is 0.650. The van der Waals surface area contributed by atoms with Gasteiger partial charge in [0.25, 0.3) is 0 Å². The number of likely N-dealkylation sites (N-methyl/N-ethyl adjacent to an activating group) is 1. The molecule has 0 N–H and O–H groups in total. The molecule has 2 nitrogen and oxygen atoms in total. The lowest BCUT2D eigenvalue weighted by molar-refractivity contribution is -0.173. The number of ketones is 1. The van der Waals surface area contributed by atoms with Gasteiger partial charge in [-0.3, -0.25) is 4.79 Å². The Hall–Kier alpha value is -1.15. The molecule has 2 bridgehead atoms. The van der Waals surface area contributed by atoms with Crippen molar-refractivity contribution in [2.24, 2.45) is 22.7 Å². The van der Waals surface area contributed by atoms with E-state index in [0.29, 0.717) is 11.7 Å². The van der Waals surface area contributed by atoms with Crippen LogP contribution in [0.5, 0.6) is 0 Å². The maximum Gasteiger partial charge on any atom is 0.143 e. The van der Waals surface area contributed by atoms with Crippen LogP contribution < -0.4 is 0 Å². The highest BCUT2D eigenvalue weighted by Crippen LogP contribution is 2.64. The minimum atomic E-state index is -0.146. The molecule has 0 aromatic heterocycles. The highest BCUT2D eigenvalue weighted by atomic mass is 16.1. The second kappa shape index (κ2) is 5.49. The van der Waals surface area contributed by atoms with Gasteiger partial charge in [-0.05, 0) is 43.2 Å². The van der Waals surface area contributed by atoms with E-state index in [1.807, 2.05) is 0 Å². The van der Waals surface area contributed by atoms with E-state index >= 15 is 0 Å². The van der Waals surface area contributed by atoms with Crippen molar-refractivity contribution in [3.05, 3.63) is 35.9 Å². The summed E-state index contributed by atoms with van der Waals surface area (Å²) >= 11 is 0. The third-order valence-corrected chi connectivity index (χ3v) is 6.59. The summed E-state index contributed by atoms with van der Waals surface area (Å²) in [5.41, 5.74) is 1.49. The van der Waals surface area contributed by atoms with Gasteiger partial charge < -0.3 is 4.90 Å². The van der Waals surface area contributed by atoms with E-state index in [1.165, 1.54) is 18.4 Å². The lowest BCUT2D eigenvalue weighted by Gasteiger charge is -2.62. The van der Waals surface area contributed by atoms with Gasteiger partial charge in [0.05, 0.1) is 0 Å². The molecule has 120 valence electrons. The highest BCUT2D eigenvalue weighted by molar-refractivity contribution is 5.89. The molecular formula is C20H29NO. The molecule has 22 heavy (non-hydrogen) atoms. The Balaban J connectivity index is 1.58. The number of nitrogens with zero attached hydrogens (tertiary/aromatic N) is 1. The van der Waals surface area contributed by atoms with Gasteiger partial charge >= 0.3 is 0 Å². The SMILES string of the molecule is CN(CCc1ccccc1)CC1C(=O)C(C)(C)C2(C)CC1C2. The van der Waals surface area contributed by atoms with Crippen molar-refractivity contribution in [2.75, 3.05) is 20.1 Å². The first-order chi connectivity index (χ1) is 10.3. The van der Waals surface area contributed by atoms with Crippen molar-refractivity contribution < 1.29 is 4.79 Å². The monoisotopic (exact) mass is 299 g/mol. The van der Waals surface area contributed by atoms with Crippen LogP contribution in [0.4, 0.5) is 0 Å². The second-order valence-electron chi connectivity index (χ2n) is 8.32. The quantitative estimate of drug-likeness (QED) is 0.824. The van der Waals surface area contributed by atoms with Crippen LogP contribution in [-0.2, 0) is 11.2 Å². The van der Waals surface area contributed by atoms with Crippen molar-refractivity contribution in [1.82, 2.24) is 4.90 Å². The average molecular weight is 299 g/mol. The van der Waals surface area contributed by atoms with Crippen molar-refractivity contribution in [1.29, 1.82) is 0 Å². The third-order valence-electron chi connectivity index (χ3n) is 6.59. The Bertz CT molecular complexity index is 542. The lowest BCUT2D eigenvalue weighted by Crippen LogP contribution is -2.62. The zero-order valence-electron chi connectivity index (χ0n) is 14.4. The molecule has 1 aromatic carbocycles. The molecule has 3 aliphatic rings. The molecule has 4 rings (SSSR count). The van der Waals surface area contributed by atoms with Crippen molar-refractivity contribution in [3.8, 4) is 0 Å². The van der Waals surface area contributed by atoms with Crippen molar-refractivity contribution in [2.45, 2.75) is 40.0 Å². The Morgan fingerprint density at radius 1 is 1.14 bits per heavy atom. The first-order valence-corrected chi connectivity index (χ1v) is 8.60. The van der Waals surface area contributed by atoms with E-state index in [9.17, 15) is 4.79 Å². The second-order valence-corrected chi connectivity index (χ2v) is 8.32. The van der Waals surface area contributed by atoms with Crippen LogP contribution in [0.25, 0.3) is 0 Å². The van der Waals surface area contributed by atoms with Gasteiger partial charge in [-0.1, -0.05) is 51.1 Å². The molecule has 1 atom stereocenters. The molecule has 0 spiro atoms. The van der Waals surface area contributed by atoms with Crippen LogP contribution in [0, 0.1) is 22.7 Å². The third kappa shape index (κ3) is 2.52. The van der Waals surface area contributed by atoms with E-state index < -0.39 is 0 Å². The number of hydrogen-bond acceptors (Lipinski definition) is 2. The maximum absolute atomic E-state index is 12.9. The Morgan fingerprint density at radius 3 is 2.41 bits per heavy atom. The molecule has 2 heteroatoms. The van der Waals surface area contributed by atoms with E-state index in [2.05, 4.69) is 63.1 Å². The minimum Gasteiger partial charge on any atom is -0.305 e. The van der Waals surface area contributed by atoms with E-state index in [4.69, 9.17) is 0 Å². The maximum atomic E-state index is 12.9. The first-order valence-electron chi connectivity index (χ1n) is 8.60. The topological polar surface area (TPSA) is 20.3 Å². The normalized spacial score (nSPS) is 32.9. The van der Waals surface area contributed by atoms with Crippen LogP contribution >= 0.6 is 0 Å². The van der Waals surface area contributed by atoms with Crippen LogP contribution in [0.15, 0.2) is 30.3 Å². The number of rotatable bonds is 5. The average Bonchev–Trinajstić information content (AvgIpc) is 2.46. The largest absolute Gasteiger partial charge is 0.305 e. The summed E-state index contributed by atoms with van der Waals surface area (Å²) in [5, 5.41) is 0. The molecule has 0 radical (unpaired) electrons. The summed E-state index contributed by atoms with van der Waals surface area (Å²) in [6.07, 6.45) is 3.54. The number of fused-ring (bicyclic) bond motifs is 2.